The van der Waals surface area contributed by atoms with Crippen molar-refractivity contribution in [1.82, 2.24) is 9.62 Å². The number of nitrogens with two attached hydrogens (primary N) is 1. The van der Waals surface area contributed by atoms with E-state index in [4.69, 9.17) is 5.73 Å². The first-order valence-corrected chi connectivity index (χ1v) is 10.1. The molecule has 1 saturated heterocycles. The third-order valence-electron chi connectivity index (χ3n) is 4.75. The fraction of sp³-hybridized carbons (Fsp3) is 0.933. The van der Waals surface area contributed by atoms with Crippen molar-refractivity contribution in [3.8, 4) is 0 Å². The number of rotatable bonds is 8. The molecule has 1 unspecified atom stereocenters. The second-order valence-corrected chi connectivity index (χ2v) is 8.62. The first-order chi connectivity index (χ1) is 10.5. The Morgan fingerprint density at radius 1 is 1.27 bits per heavy atom. The van der Waals surface area contributed by atoms with Gasteiger partial charge < -0.3 is 11.1 Å². The van der Waals surface area contributed by atoms with Gasteiger partial charge in [-0.3, -0.25) is 4.79 Å². The van der Waals surface area contributed by atoms with Crippen molar-refractivity contribution in [3.05, 3.63) is 0 Å². The molecule has 0 bridgehead atoms. The van der Waals surface area contributed by atoms with Crippen LogP contribution < -0.4 is 11.1 Å². The maximum Gasteiger partial charge on any atom is 0.223 e. The summed E-state index contributed by atoms with van der Waals surface area (Å²) in [5, 5.41) is 3.05. The van der Waals surface area contributed by atoms with Gasteiger partial charge in [0.1, 0.15) is 0 Å². The number of carbonyl (C=O) groups excluding carboxylic acids is 1. The van der Waals surface area contributed by atoms with Crippen LogP contribution in [0.4, 0.5) is 0 Å². The van der Waals surface area contributed by atoms with Crippen LogP contribution in [0.1, 0.15) is 45.4 Å². The molecule has 1 aliphatic carbocycles. The Morgan fingerprint density at radius 2 is 1.91 bits per heavy atom. The molecule has 128 valence electrons. The SMILES string of the molecule is CCCCS(=O)(=O)N1CCC(C(=O)NC(CN)C2CC2)CC1. The number of unbranched alkanes of at least 4 members (excludes halogenated alkanes) is 1. The molecule has 0 aromatic carbocycles. The first-order valence-electron chi connectivity index (χ1n) is 8.46. The van der Waals surface area contributed by atoms with E-state index in [-0.39, 0.29) is 23.6 Å². The van der Waals surface area contributed by atoms with Crippen molar-refractivity contribution in [2.75, 3.05) is 25.4 Å². The van der Waals surface area contributed by atoms with Gasteiger partial charge >= 0.3 is 0 Å². The Hall–Kier alpha value is -0.660. The van der Waals surface area contributed by atoms with Gasteiger partial charge in [0, 0.05) is 31.6 Å². The van der Waals surface area contributed by atoms with Crippen LogP contribution in [0.3, 0.4) is 0 Å². The summed E-state index contributed by atoms with van der Waals surface area (Å²) >= 11 is 0. The molecule has 6 nitrogen and oxygen atoms in total. The molecule has 1 heterocycles. The molecule has 1 aliphatic heterocycles. The van der Waals surface area contributed by atoms with E-state index in [0.29, 0.717) is 44.8 Å². The highest BCUT2D eigenvalue weighted by Gasteiger charge is 2.35. The molecule has 2 rings (SSSR count). The largest absolute Gasteiger partial charge is 0.352 e. The maximum atomic E-state index is 12.3. The monoisotopic (exact) mass is 331 g/mol. The predicted molar refractivity (Wildman–Crippen MR) is 86.7 cm³/mol. The summed E-state index contributed by atoms with van der Waals surface area (Å²) < 4.78 is 25.9. The molecule has 1 saturated carbocycles. The lowest BCUT2D eigenvalue weighted by atomic mass is 9.96. The number of sulfonamides is 1. The Morgan fingerprint density at radius 3 is 2.41 bits per heavy atom. The van der Waals surface area contributed by atoms with E-state index in [0.717, 1.165) is 19.3 Å². The lowest BCUT2D eigenvalue weighted by molar-refractivity contribution is -0.126. The highest BCUT2D eigenvalue weighted by Crippen LogP contribution is 2.32. The smallest absolute Gasteiger partial charge is 0.223 e. The first kappa shape index (κ1) is 17.7. The molecule has 2 aliphatic rings. The summed E-state index contributed by atoms with van der Waals surface area (Å²) in [6.07, 6.45) is 5.09. The van der Waals surface area contributed by atoms with Crippen LogP contribution in [0.2, 0.25) is 0 Å². The number of piperidine rings is 1. The summed E-state index contributed by atoms with van der Waals surface area (Å²) in [4.78, 5) is 12.3. The summed E-state index contributed by atoms with van der Waals surface area (Å²) in [6, 6.07) is 0.0961. The van der Waals surface area contributed by atoms with Gasteiger partial charge in [-0.05, 0) is 38.0 Å². The Balaban J connectivity index is 1.79. The molecule has 1 atom stereocenters. The number of amides is 1. The molecule has 0 aromatic rings. The number of hydrogen-bond acceptors (Lipinski definition) is 4. The topological polar surface area (TPSA) is 92.5 Å². The van der Waals surface area contributed by atoms with Crippen LogP contribution in [0, 0.1) is 11.8 Å². The van der Waals surface area contributed by atoms with Gasteiger partial charge in [-0.25, -0.2) is 12.7 Å². The minimum Gasteiger partial charge on any atom is -0.352 e. The van der Waals surface area contributed by atoms with E-state index in [9.17, 15) is 13.2 Å². The van der Waals surface area contributed by atoms with Crippen LogP contribution >= 0.6 is 0 Å². The van der Waals surface area contributed by atoms with Crippen LogP contribution in [0.15, 0.2) is 0 Å². The van der Waals surface area contributed by atoms with Gasteiger partial charge in [-0.2, -0.15) is 0 Å². The Kier molecular flexibility index (Phi) is 6.23. The normalized spacial score (nSPS) is 22.5. The molecule has 1 amide bonds. The van der Waals surface area contributed by atoms with E-state index in [2.05, 4.69) is 5.32 Å². The maximum absolute atomic E-state index is 12.3. The van der Waals surface area contributed by atoms with Gasteiger partial charge in [0.15, 0.2) is 0 Å². The molecule has 0 spiro atoms. The highest BCUT2D eigenvalue weighted by atomic mass is 32.2. The van der Waals surface area contributed by atoms with Gasteiger partial charge in [-0.1, -0.05) is 13.3 Å². The zero-order valence-corrected chi connectivity index (χ0v) is 14.3. The minimum atomic E-state index is -3.14. The van der Waals surface area contributed by atoms with Crippen molar-refractivity contribution >= 4 is 15.9 Å². The summed E-state index contributed by atoms with van der Waals surface area (Å²) in [5.41, 5.74) is 5.71. The number of carbonyl (C=O) groups is 1. The van der Waals surface area contributed by atoms with Crippen molar-refractivity contribution in [2.24, 2.45) is 17.6 Å². The fourth-order valence-electron chi connectivity index (χ4n) is 3.02. The van der Waals surface area contributed by atoms with Crippen molar-refractivity contribution in [2.45, 2.75) is 51.5 Å². The molecule has 0 aromatic heterocycles. The zero-order chi connectivity index (χ0) is 16.2. The third-order valence-corrected chi connectivity index (χ3v) is 6.70. The molecule has 0 radical (unpaired) electrons. The fourth-order valence-corrected chi connectivity index (χ4v) is 4.70. The second kappa shape index (κ2) is 7.75. The molecule has 3 N–H and O–H groups in total. The van der Waals surface area contributed by atoms with Crippen LogP contribution in [0.25, 0.3) is 0 Å². The Labute approximate surface area is 133 Å². The van der Waals surface area contributed by atoms with Gasteiger partial charge in [-0.15, -0.1) is 0 Å². The molecular weight excluding hydrogens is 302 g/mol. The standard InChI is InChI=1S/C15H29N3O3S/c1-2-3-10-22(20,21)18-8-6-13(7-9-18)15(19)17-14(11-16)12-4-5-12/h12-14H,2-11,16H2,1H3,(H,17,19). The second-order valence-electron chi connectivity index (χ2n) is 6.53. The molecular formula is C15H29N3O3S. The third kappa shape index (κ3) is 4.67. The molecule has 22 heavy (non-hydrogen) atoms. The van der Waals surface area contributed by atoms with E-state index in [1.54, 1.807) is 4.31 Å². The van der Waals surface area contributed by atoms with Crippen molar-refractivity contribution < 1.29 is 13.2 Å². The quantitative estimate of drug-likeness (QED) is 0.684. The van der Waals surface area contributed by atoms with E-state index in [1.807, 2.05) is 6.92 Å². The average molecular weight is 331 g/mol. The van der Waals surface area contributed by atoms with Crippen LogP contribution in [0.5, 0.6) is 0 Å². The zero-order valence-electron chi connectivity index (χ0n) is 13.5. The van der Waals surface area contributed by atoms with Gasteiger partial charge in [0.2, 0.25) is 15.9 Å². The summed E-state index contributed by atoms with van der Waals surface area (Å²) in [5.74, 6) is 0.735. The summed E-state index contributed by atoms with van der Waals surface area (Å²) in [7, 11) is -3.14. The van der Waals surface area contributed by atoms with Crippen LogP contribution in [-0.4, -0.2) is 50.1 Å². The minimum absolute atomic E-state index is 0.0490. The molecule has 2 fully saturated rings. The number of hydrogen-bond donors (Lipinski definition) is 2. The van der Waals surface area contributed by atoms with Gasteiger partial charge in [0.05, 0.1) is 5.75 Å². The van der Waals surface area contributed by atoms with E-state index >= 15 is 0 Å². The van der Waals surface area contributed by atoms with Crippen LogP contribution in [-0.2, 0) is 14.8 Å². The van der Waals surface area contributed by atoms with E-state index < -0.39 is 10.0 Å². The van der Waals surface area contributed by atoms with E-state index in [1.165, 1.54) is 0 Å². The van der Waals surface area contributed by atoms with Gasteiger partial charge in [0.25, 0.3) is 0 Å². The van der Waals surface area contributed by atoms with Crippen molar-refractivity contribution in [3.63, 3.8) is 0 Å². The number of nitrogens with one attached hydrogen (secondary N) is 1. The number of nitrogens with zero attached hydrogens (tertiary/aromatic N) is 1. The van der Waals surface area contributed by atoms with Crippen molar-refractivity contribution in [1.29, 1.82) is 0 Å². The lowest BCUT2D eigenvalue weighted by Crippen LogP contribution is -2.48. The Bertz CT molecular complexity index is 468. The lowest BCUT2D eigenvalue weighted by Gasteiger charge is -2.31. The average Bonchev–Trinajstić information content (AvgIpc) is 3.35. The predicted octanol–water partition coefficient (Wildman–Crippen LogP) is 0.682. The summed E-state index contributed by atoms with van der Waals surface area (Å²) in [6.45, 7) is 3.39. The highest BCUT2D eigenvalue weighted by molar-refractivity contribution is 7.89. The molecule has 7 heteroatoms.